The van der Waals surface area contributed by atoms with Gasteiger partial charge in [-0.3, -0.25) is 9.59 Å². The van der Waals surface area contributed by atoms with E-state index in [1.165, 1.54) is 17.8 Å². The van der Waals surface area contributed by atoms with Gasteiger partial charge < -0.3 is 10.6 Å². The zero-order valence-corrected chi connectivity index (χ0v) is 12.1. The number of carbonyl (C=O) groups excluding carboxylic acids is 2. The Hall–Kier alpha value is -2.41. The number of benzene rings is 1. The van der Waals surface area contributed by atoms with Crippen molar-refractivity contribution in [1.29, 1.82) is 0 Å². The molecule has 2 rings (SSSR count). The molecule has 2 amide bonds. The van der Waals surface area contributed by atoms with E-state index in [1.54, 1.807) is 12.1 Å². The molecule has 0 aliphatic heterocycles. The molecule has 0 aliphatic rings. The summed E-state index contributed by atoms with van der Waals surface area (Å²) in [5.41, 5.74) is 0.911. The van der Waals surface area contributed by atoms with Gasteiger partial charge in [-0.1, -0.05) is 28.9 Å². The Balaban J connectivity index is 1.84. The van der Waals surface area contributed by atoms with E-state index >= 15 is 0 Å². The third-order valence-electron chi connectivity index (χ3n) is 2.53. The minimum absolute atomic E-state index is 0.0210. The van der Waals surface area contributed by atoms with E-state index in [2.05, 4.69) is 20.9 Å². The summed E-state index contributed by atoms with van der Waals surface area (Å²) >= 11 is 5.86. The van der Waals surface area contributed by atoms with Crippen LogP contribution in [-0.2, 0) is 22.7 Å². The summed E-state index contributed by atoms with van der Waals surface area (Å²) in [6.45, 7) is 1.77. The molecule has 8 heteroatoms. The van der Waals surface area contributed by atoms with Gasteiger partial charge >= 0.3 is 0 Å². The second kappa shape index (κ2) is 6.85. The van der Waals surface area contributed by atoms with Gasteiger partial charge in [-0.15, -0.1) is 5.10 Å². The van der Waals surface area contributed by atoms with Gasteiger partial charge in [0, 0.05) is 18.5 Å². The number of rotatable bonds is 5. The summed E-state index contributed by atoms with van der Waals surface area (Å²) in [5, 5.41) is 13.3. The topological polar surface area (TPSA) is 88.9 Å². The summed E-state index contributed by atoms with van der Waals surface area (Å²) in [4.78, 5) is 22.6. The number of amides is 2. The smallest absolute Gasteiger partial charge is 0.242 e. The van der Waals surface area contributed by atoms with Crippen molar-refractivity contribution in [3.8, 4) is 0 Å². The molecular weight excluding hydrogens is 294 g/mol. The molecule has 0 radical (unpaired) electrons. The standard InChI is InChI=1S/C13H14ClN5O2/c1-9(20)16-12-7-19(18-17-12)8-13(21)15-6-10-3-2-4-11(14)5-10/h2-5,7H,6,8H2,1H3,(H,15,21)(H,16,20). The van der Waals surface area contributed by atoms with Crippen molar-refractivity contribution < 1.29 is 9.59 Å². The van der Waals surface area contributed by atoms with Crippen molar-refractivity contribution in [2.45, 2.75) is 20.0 Å². The molecule has 110 valence electrons. The second-order valence-electron chi connectivity index (χ2n) is 4.39. The monoisotopic (exact) mass is 307 g/mol. The molecule has 1 heterocycles. The van der Waals surface area contributed by atoms with Gasteiger partial charge in [0.25, 0.3) is 0 Å². The van der Waals surface area contributed by atoms with Crippen molar-refractivity contribution >= 4 is 29.2 Å². The number of carbonyl (C=O) groups is 2. The number of anilines is 1. The molecule has 21 heavy (non-hydrogen) atoms. The predicted molar refractivity (Wildman–Crippen MR) is 77.6 cm³/mol. The maximum absolute atomic E-state index is 11.8. The van der Waals surface area contributed by atoms with E-state index in [0.717, 1.165) is 5.56 Å². The van der Waals surface area contributed by atoms with E-state index in [4.69, 9.17) is 11.6 Å². The highest BCUT2D eigenvalue weighted by Gasteiger charge is 2.06. The molecule has 0 bridgehead atoms. The molecule has 2 N–H and O–H groups in total. The van der Waals surface area contributed by atoms with Crippen LogP contribution in [0, 0.1) is 0 Å². The quantitative estimate of drug-likeness (QED) is 0.869. The summed E-state index contributed by atoms with van der Waals surface area (Å²) < 4.78 is 1.35. The fraction of sp³-hybridized carbons (Fsp3) is 0.231. The number of hydrogen-bond donors (Lipinski definition) is 2. The highest BCUT2D eigenvalue weighted by molar-refractivity contribution is 6.30. The highest BCUT2D eigenvalue weighted by Crippen LogP contribution is 2.10. The third kappa shape index (κ3) is 4.88. The van der Waals surface area contributed by atoms with Crippen LogP contribution in [0.3, 0.4) is 0 Å². The molecule has 2 aromatic rings. The van der Waals surface area contributed by atoms with Crippen molar-refractivity contribution in [2.75, 3.05) is 5.32 Å². The average Bonchev–Trinajstić information content (AvgIpc) is 2.83. The number of aromatic nitrogens is 3. The van der Waals surface area contributed by atoms with Gasteiger partial charge in [-0.2, -0.15) is 0 Å². The number of nitrogens with zero attached hydrogens (tertiary/aromatic N) is 3. The summed E-state index contributed by atoms with van der Waals surface area (Å²) in [6, 6.07) is 7.25. The molecule has 0 fully saturated rings. The Morgan fingerprint density at radius 2 is 2.19 bits per heavy atom. The zero-order valence-electron chi connectivity index (χ0n) is 11.3. The Labute approximate surface area is 126 Å². The molecule has 1 aromatic carbocycles. The lowest BCUT2D eigenvalue weighted by atomic mass is 10.2. The lowest BCUT2D eigenvalue weighted by molar-refractivity contribution is -0.122. The minimum atomic E-state index is -0.243. The first-order chi connectivity index (χ1) is 10.0. The Bertz CT molecular complexity index is 656. The van der Waals surface area contributed by atoms with Gasteiger partial charge in [0.05, 0.1) is 6.20 Å². The SMILES string of the molecule is CC(=O)Nc1cn(CC(=O)NCc2cccc(Cl)c2)nn1. The number of nitrogens with one attached hydrogen (secondary N) is 2. The molecule has 0 atom stereocenters. The normalized spacial score (nSPS) is 10.2. The fourth-order valence-corrected chi connectivity index (χ4v) is 1.88. The lowest BCUT2D eigenvalue weighted by Gasteiger charge is -2.05. The maximum atomic E-state index is 11.8. The van der Waals surface area contributed by atoms with E-state index in [9.17, 15) is 9.59 Å². The Morgan fingerprint density at radius 1 is 1.38 bits per heavy atom. The summed E-state index contributed by atoms with van der Waals surface area (Å²) in [5.74, 6) is -0.146. The Kier molecular flexibility index (Phi) is 4.89. The molecule has 0 aliphatic carbocycles. The van der Waals surface area contributed by atoms with Crippen LogP contribution in [0.1, 0.15) is 12.5 Å². The fourth-order valence-electron chi connectivity index (χ4n) is 1.66. The van der Waals surface area contributed by atoms with Crippen LogP contribution in [-0.4, -0.2) is 26.8 Å². The zero-order chi connectivity index (χ0) is 15.2. The first-order valence-electron chi connectivity index (χ1n) is 6.22. The molecule has 0 saturated carbocycles. The van der Waals surface area contributed by atoms with Gasteiger partial charge in [0.1, 0.15) is 6.54 Å². The van der Waals surface area contributed by atoms with Crippen LogP contribution >= 0.6 is 11.6 Å². The van der Waals surface area contributed by atoms with Crippen molar-refractivity contribution in [3.63, 3.8) is 0 Å². The molecule has 0 saturated heterocycles. The lowest BCUT2D eigenvalue weighted by Crippen LogP contribution is -2.27. The third-order valence-corrected chi connectivity index (χ3v) is 2.76. The van der Waals surface area contributed by atoms with Gasteiger partial charge in [-0.05, 0) is 17.7 Å². The minimum Gasteiger partial charge on any atom is -0.350 e. The van der Waals surface area contributed by atoms with Crippen LogP contribution in [0.5, 0.6) is 0 Å². The molecule has 1 aromatic heterocycles. The summed E-state index contributed by atoms with van der Waals surface area (Å²) in [6.07, 6.45) is 1.49. The first kappa shape index (κ1) is 15.0. The number of hydrogen-bond acceptors (Lipinski definition) is 4. The van der Waals surface area contributed by atoms with E-state index < -0.39 is 0 Å². The van der Waals surface area contributed by atoms with E-state index in [0.29, 0.717) is 17.4 Å². The van der Waals surface area contributed by atoms with Gasteiger partial charge in [0.15, 0.2) is 5.82 Å². The Morgan fingerprint density at radius 3 is 2.90 bits per heavy atom. The maximum Gasteiger partial charge on any atom is 0.242 e. The van der Waals surface area contributed by atoms with Crippen molar-refractivity contribution in [3.05, 3.63) is 41.0 Å². The van der Waals surface area contributed by atoms with Gasteiger partial charge in [-0.25, -0.2) is 4.68 Å². The van der Waals surface area contributed by atoms with Gasteiger partial charge in [0.2, 0.25) is 11.8 Å². The van der Waals surface area contributed by atoms with Crippen LogP contribution < -0.4 is 10.6 Å². The van der Waals surface area contributed by atoms with Crippen LogP contribution in [0.25, 0.3) is 0 Å². The van der Waals surface area contributed by atoms with Crippen molar-refractivity contribution in [2.24, 2.45) is 0 Å². The summed E-state index contributed by atoms with van der Waals surface area (Å²) in [7, 11) is 0. The molecule has 0 spiro atoms. The van der Waals surface area contributed by atoms with E-state index in [1.807, 2.05) is 12.1 Å². The molecule has 7 nitrogen and oxygen atoms in total. The molecular formula is C13H14ClN5O2. The van der Waals surface area contributed by atoms with E-state index in [-0.39, 0.29) is 18.4 Å². The molecule has 0 unspecified atom stereocenters. The largest absolute Gasteiger partial charge is 0.350 e. The highest BCUT2D eigenvalue weighted by atomic mass is 35.5. The van der Waals surface area contributed by atoms with Crippen molar-refractivity contribution in [1.82, 2.24) is 20.3 Å². The first-order valence-corrected chi connectivity index (χ1v) is 6.59. The van der Waals surface area contributed by atoms with Crippen LogP contribution in [0.15, 0.2) is 30.5 Å². The van der Waals surface area contributed by atoms with Crippen LogP contribution in [0.2, 0.25) is 5.02 Å². The van der Waals surface area contributed by atoms with Crippen LogP contribution in [0.4, 0.5) is 5.82 Å². The number of halogens is 1. The predicted octanol–water partition coefficient (Wildman–Crippen LogP) is 1.21. The average molecular weight is 308 g/mol. The second-order valence-corrected chi connectivity index (χ2v) is 4.83.